The zero-order valence-electron chi connectivity index (χ0n) is 14.7. The number of nitriles is 1. The molecule has 10 heteroatoms. The summed E-state index contributed by atoms with van der Waals surface area (Å²) >= 11 is 11.7. The fraction of sp³-hybridized carbons (Fsp3) is 0.105. The molecule has 0 saturated heterocycles. The second kappa shape index (κ2) is 9.56. The van der Waals surface area contributed by atoms with Crippen LogP contribution in [0, 0.1) is 16.7 Å². The van der Waals surface area contributed by atoms with Gasteiger partial charge in [-0.2, -0.15) is 23.4 Å². The lowest BCUT2D eigenvalue weighted by molar-refractivity contribution is -0.433. The first-order chi connectivity index (χ1) is 13.6. The van der Waals surface area contributed by atoms with Gasteiger partial charge in [-0.1, -0.05) is 35.4 Å². The van der Waals surface area contributed by atoms with Crippen molar-refractivity contribution in [1.82, 2.24) is 0 Å². The lowest BCUT2D eigenvalue weighted by Crippen LogP contribution is -2.76. The molecule has 0 amide bonds. The lowest BCUT2D eigenvalue weighted by Gasteiger charge is -2.18. The summed E-state index contributed by atoms with van der Waals surface area (Å²) in [6.45, 7) is 0. The topological polar surface area (TPSA) is 103 Å². The maximum absolute atomic E-state index is 13.5. The van der Waals surface area contributed by atoms with Crippen LogP contribution in [0.4, 0.5) is 18.9 Å². The third-order valence-electron chi connectivity index (χ3n) is 3.74. The van der Waals surface area contributed by atoms with Crippen molar-refractivity contribution in [1.29, 1.82) is 10.7 Å². The van der Waals surface area contributed by atoms with Crippen LogP contribution >= 0.6 is 23.2 Å². The van der Waals surface area contributed by atoms with Gasteiger partial charge in [0, 0.05) is 16.1 Å². The van der Waals surface area contributed by atoms with Crippen molar-refractivity contribution < 1.29 is 18.5 Å². The lowest BCUT2D eigenvalue weighted by atomic mass is 9.96. The Kier molecular flexibility index (Phi) is 7.40. The Bertz CT molecular complexity index is 990. The van der Waals surface area contributed by atoms with Gasteiger partial charge in [0.1, 0.15) is 11.6 Å². The molecule has 0 spiro atoms. The van der Waals surface area contributed by atoms with Crippen molar-refractivity contribution in [3.05, 3.63) is 69.2 Å². The number of hydrogen-bond acceptors (Lipinski definition) is 2. The van der Waals surface area contributed by atoms with Crippen molar-refractivity contribution in [2.24, 2.45) is 10.7 Å². The van der Waals surface area contributed by atoms with Crippen molar-refractivity contribution in [3.63, 3.8) is 0 Å². The molecule has 0 aromatic heterocycles. The molecule has 0 heterocycles. The molecule has 1 unspecified atom stereocenters. The minimum Gasteiger partial charge on any atom is -0.368 e. The van der Waals surface area contributed by atoms with Crippen LogP contribution < -0.4 is 11.1 Å². The molecule has 0 radical (unpaired) electrons. The molecule has 0 saturated carbocycles. The number of rotatable bonds is 5. The highest BCUT2D eigenvalue weighted by molar-refractivity contribution is 6.34. The van der Waals surface area contributed by atoms with E-state index in [1.165, 1.54) is 42.0 Å². The smallest absolute Gasteiger partial charge is 0.368 e. The van der Waals surface area contributed by atoms with Crippen LogP contribution in [0.5, 0.6) is 0 Å². The largest absolute Gasteiger partial charge is 0.399 e. The van der Waals surface area contributed by atoms with E-state index in [2.05, 4.69) is 4.99 Å². The molecule has 2 aromatic carbocycles. The van der Waals surface area contributed by atoms with E-state index in [1.807, 2.05) is 6.07 Å². The minimum absolute atomic E-state index is 0.0860. The maximum Gasteiger partial charge on any atom is 0.399 e. The number of alkyl halides is 3. The second-order valence-corrected chi connectivity index (χ2v) is 6.74. The monoisotopic (exact) mass is 440 g/mol. The molecule has 0 aliphatic heterocycles. The average molecular weight is 441 g/mol. The zero-order chi connectivity index (χ0) is 21.6. The molecule has 1 atom stereocenters. The number of nitrogens with two attached hydrogens (primary N) is 2. The van der Waals surface area contributed by atoms with E-state index >= 15 is 0 Å². The maximum atomic E-state index is 13.5. The van der Waals surface area contributed by atoms with E-state index in [0.717, 1.165) is 6.08 Å². The summed E-state index contributed by atoms with van der Waals surface area (Å²) in [5.74, 6) is -2.31. The molecule has 5 N–H and O–H groups in total. The first kappa shape index (κ1) is 22.4. The zero-order valence-corrected chi connectivity index (χ0v) is 16.2. The standard InChI is InChI=1S/C19H14Cl2F3N5/c20-14-6-12(7-15(21)8-14)16(19(22,23)24)3-1-11-2-4-17(13(5-11)9-25)28-10-29-18(26)27/h1-8,10,16H,(H4,26,27,28,29)/p+1/b3-1+. The van der Waals surface area contributed by atoms with E-state index in [9.17, 15) is 18.4 Å². The highest BCUT2D eigenvalue weighted by Crippen LogP contribution is 2.38. The second-order valence-electron chi connectivity index (χ2n) is 5.87. The quantitative estimate of drug-likeness (QED) is 0.365. The van der Waals surface area contributed by atoms with E-state index in [0.29, 0.717) is 11.3 Å². The van der Waals surface area contributed by atoms with Gasteiger partial charge in [-0.25, -0.2) is 0 Å². The van der Waals surface area contributed by atoms with E-state index in [1.54, 1.807) is 12.1 Å². The van der Waals surface area contributed by atoms with E-state index in [4.69, 9.17) is 34.3 Å². The fourth-order valence-corrected chi connectivity index (χ4v) is 3.03. The van der Waals surface area contributed by atoms with Gasteiger partial charge in [-0.15, -0.1) is 0 Å². The molecule has 2 aromatic rings. The molecule has 29 heavy (non-hydrogen) atoms. The Morgan fingerprint density at radius 2 is 1.86 bits per heavy atom. The van der Waals surface area contributed by atoms with Crippen molar-refractivity contribution in [3.8, 4) is 6.07 Å². The molecule has 0 aliphatic carbocycles. The number of quaternary nitrogens is 1. The van der Waals surface area contributed by atoms with Crippen molar-refractivity contribution in [2.45, 2.75) is 12.1 Å². The Morgan fingerprint density at radius 1 is 1.21 bits per heavy atom. The number of allylic oxidation sites excluding steroid dienone is 1. The van der Waals surface area contributed by atoms with Crippen LogP contribution in [0.15, 0.2) is 47.5 Å². The van der Waals surface area contributed by atoms with Crippen LogP contribution in [-0.2, 0) is 0 Å². The summed E-state index contributed by atoms with van der Waals surface area (Å²) in [6.07, 6.45) is -1.03. The highest BCUT2D eigenvalue weighted by atomic mass is 35.5. The third kappa shape index (κ3) is 6.61. The van der Waals surface area contributed by atoms with Gasteiger partial charge in [0.25, 0.3) is 0 Å². The summed E-state index contributed by atoms with van der Waals surface area (Å²) in [5.41, 5.74) is 6.15. The molecule has 150 valence electrons. The summed E-state index contributed by atoms with van der Waals surface area (Å²) in [5, 5.41) is 18.0. The number of nitrogens with zero attached hydrogens (tertiary/aromatic N) is 2. The van der Waals surface area contributed by atoms with Gasteiger partial charge in [0.15, 0.2) is 12.0 Å². The molecular formula is C19H15Cl2F3N5+. The molecule has 0 bridgehead atoms. The number of nitrogens with one attached hydrogen (secondary N) is 1. The molecule has 5 nitrogen and oxygen atoms in total. The minimum atomic E-state index is -4.56. The van der Waals surface area contributed by atoms with Gasteiger partial charge in [-0.3, -0.25) is 10.7 Å². The first-order valence-corrected chi connectivity index (χ1v) is 8.82. The third-order valence-corrected chi connectivity index (χ3v) is 4.18. The Balaban J connectivity index is 2.34. The van der Waals surface area contributed by atoms with Gasteiger partial charge in [-0.05, 0) is 41.5 Å². The number of guanidine groups is 1. The highest BCUT2D eigenvalue weighted by Gasteiger charge is 2.39. The first-order valence-electron chi connectivity index (χ1n) is 8.06. The Hall–Kier alpha value is -2.86. The number of halogens is 5. The SMILES string of the molecule is N#Cc1cc(/C=C/C(c2cc(Cl)cc(Cl)c2)C(F)(F)F)ccc1[NH2+]/C=N\C(=N)N. The van der Waals surface area contributed by atoms with Crippen LogP contribution in [0.25, 0.3) is 6.08 Å². The fourth-order valence-electron chi connectivity index (χ4n) is 2.49. The van der Waals surface area contributed by atoms with Gasteiger partial charge < -0.3 is 5.73 Å². The van der Waals surface area contributed by atoms with Crippen LogP contribution in [-0.4, -0.2) is 18.5 Å². The van der Waals surface area contributed by atoms with Crippen molar-refractivity contribution >= 4 is 47.3 Å². The Morgan fingerprint density at radius 3 is 2.41 bits per heavy atom. The summed E-state index contributed by atoms with van der Waals surface area (Å²) in [6, 6.07) is 10.3. The van der Waals surface area contributed by atoms with Gasteiger partial charge in [0.2, 0.25) is 5.96 Å². The molecule has 0 fully saturated rings. The van der Waals surface area contributed by atoms with E-state index in [-0.39, 0.29) is 21.2 Å². The number of hydrogen-bond donors (Lipinski definition) is 3. The number of benzene rings is 2. The van der Waals surface area contributed by atoms with E-state index < -0.39 is 18.1 Å². The van der Waals surface area contributed by atoms with Crippen LogP contribution in [0.1, 0.15) is 22.6 Å². The molecule has 0 aliphatic rings. The normalized spacial score (nSPS) is 13.0. The summed E-state index contributed by atoms with van der Waals surface area (Å²) in [7, 11) is 0. The predicted octanol–water partition coefficient (Wildman–Crippen LogP) is 4.34. The average Bonchev–Trinajstić information content (AvgIpc) is 2.60. The number of aliphatic imine (C=N–C) groups is 1. The Labute approximate surface area is 174 Å². The summed E-state index contributed by atoms with van der Waals surface area (Å²) in [4.78, 5) is 3.56. The van der Waals surface area contributed by atoms with Crippen LogP contribution in [0.2, 0.25) is 10.0 Å². The van der Waals surface area contributed by atoms with Crippen LogP contribution in [0.3, 0.4) is 0 Å². The predicted molar refractivity (Wildman–Crippen MR) is 107 cm³/mol. The van der Waals surface area contributed by atoms with Gasteiger partial charge >= 0.3 is 6.18 Å². The molecule has 2 rings (SSSR count). The van der Waals surface area contributed by atoms with Crippen molar-refractivity contribution in [2.75, 3.05) is 0 Å². The molecular weight excluding hydrogens is 426 g/mol. The summed E-state index contributed by atoms with van der Waals surface area (Å²) < 4.78 is 40.6. The van der Waals surface area contributed by atoms with Gasteiger partial charge in [0.05, 0.1) is 5.92 Å².